The van der Waals surface area contributed by atoms with Crippen molar-refractivity contribution in [2.24, 2.45) is 5.92 Å². The van der Waals surface area contributed by atoms with Gasteiger partial charge in [-0.25, -0.2) is 0 Å². The van der Waals surface area contributed by atoms with Gasteiger partial charge in [-0.05, 0) is 53.0 Å². The first-order chi connectivity index (χ1) is 15.7. The van der Waals surface area contributed by atoms with Crippen LogP contribution in [0.1, 0.15) is 45.8 Å². The smallest absolute Gasteiger partial charge is 0.163 e. The average Bonchev–Trinajstić information content (AvgIpc) is 3.64. The number of Topliss-reactive ketones (excluding diaryl/α,β-unsaturated/α-hetero) is 2. The normalized spacial score (nSPS) is 17.2. The van der Waals surface area contributed by atoms with Gasteiger partial charge in [0.05, 0.1) is 0 Å². The molecule has 0 radical (unpaired) electrons. The summed E-state index contributed by atoms with van der Waals surface area (Å²) in [5.74, 6) is 0.775. The Balaban J connectivity index is 1.17. The summed E-state index contributed by atoms with van der Waals surface area (Å²) in [6.45, 7) is 0. The molecule has 1 aliphatic rings. The lowest BCUT2D eigenvalue weighted by molar-refractivity contribution is -0.119. The molecule has 1 saturated carbocycles. The van der Waals surface area contributed by atoms with E-state index in [0.717, 1.165) is 39.4 Å². The van der Waals surface area contributed by atoms with Crippen LogP contribution >= 0.6 is 0 Å². The van der Waals surface area contributed by atoms with E-state index in [1.54, 1.807) is 18.6 Å². The van der Waals surface area contributed by atoms with Gasteiger partial charge >= 0.3 is 0 Å². The van der Waals surface area contributed by atoms with Crippen molar-refractivity contribution in [1.29, 1.82) is 0 Å². The van der Waals surface area contributed by atoms with Crippen LogP contribution in [0.15, 0.2) is 85.5 Å². The van der Waals surface area contributed by atoms with Gasteiger partial charge in [0.1, 0.15) is 5.78 Å². The number of aryl methyl sites for hydroxylation is 1. The lowest BCUT2D eigenvalue weighted by atomic mass is 9.99. The van der Waals surface area contributed by atoms with E-state index in [1.165, 1.54) is 0 Å². The molecule has 0 spiro atoms. The molecule has 2 aromatic heterocycles. The Morgan fingerprint density at radius 1 is 0.844 bits per heavy atom. The van der Waals surface area contributed by atoms with E-state index in [4.69, 9.17) is 0 Å². The SMILES string of the molecule is O=C(CCc1cccnc1)c1ccc([C@H]2C[C@@H]2C(=O)Cc2ccc3cnccc3c2)cc1. The number of carbonyl (C=O) groups is 2. The van der Waals surface area contributed by atoms with Crippen LogP contribution in [0, 0.1) is 5.92 Å². The fourth-order valence-electron chi connectivity index (χ4n) is 4.36. The molecule has 0 bridgehead atoms. The second-order valence-corrected chi connectivity index (χ2v) is 8.56. The van der Waals surface area contributed by atoms with Gasteiger partial charge in [0, 0.05) is 54.5 Å². The minimum atomic E-state index is 0.0790. The van der Waals surface area contributed by atoms with Crippen molar-refractivity contribution >= 4 is 22.3 Å². The number of ketones is 2. The first-order valence-corrected chi connectivity index (χ1v) is 11.0. The quantitative estimate of drug-likeness (QED) is 0.360. The molecule has 0 saturated heterocycles. The van der Waals surface area contributed by atoms with Gasteiger partial charge in [0.2, 0.25) is 0 Å². The first kappa shape index (κ1) is 20.3. The highest BCUT2D eigenvalue weighted by Gasteiger charge is 2.43. The van der Waals surface area contributed by atoms with Gasteiger partial charge in [-0.15, -0.1) is 0 Å². The summed E-state index contributed by atoms with van der Waals surface area (Å²) in [4.78, 5) is 33.6. The minimum absolute atomic E-state index is 0.0790. The summed E-state index contributed by atoms with van der Waals surface area (Å²) < 4.78 is 0. The molecular weight excluding hydrogens is 396 g/mol. The second-order valence-electron chi connectivity index (χ2n) is 8.56. The van der Waals surface area contributed by atoms with Crippen LogP contribution in [0.3, 0.4) is 0 Å². The topological polar surface area (TPSA) is 59.9 Å². The molecule has 4 aromatic rings. The summed E-state index contributed by atoms with van der Waals surface area (Å²) >= 11 is 0. The van der Waals surface area contributed by atoms with Crippen LogP contribution in [0.4, 0.5) is 0 Å². The Labute approximate surface area is 187 Å². The fourth-order valence-corrected chi connectivity index (χ4v) is 4.36. The number of hydrogen-bond acceptors (Lipinski definition) is 4. The highest BCUT2D eigenvalue weighted by Crippen LogP contribution is 2.48. The largest absolute Gasteiger partial charge is 0.299 e. The maximum Gasteiger partial charge on any atom is 0.163 e. The Morgan fingerprint density at radius 3 is 2.50 bits per heavy atom. The lowest BCUT2D eigenvalue weighted by Gasteiger charge is -2.05. The van der Waals surface area contributed by atoms with Gasteiger partial charge in [0.15, 0.2) is 5.78 Å². The van der Waals surface area contributed by atoms with Gasteiger partial charge in [-0.1, -0.05) is 48.5 Å². The maximum absolute atomic E-state index is 12.8. The molecule has 0 amide bonds. The summed E-state index contributed by atoms with van der Waals surface area (Å²) in [5.41, 5.74) is 4.00. The Hall–Kier alpha value is -3.66. The van der Waals surface area contributed by atoms with Crippen molar-refractivity contribution in [2.45, 2.75) is 31.6 Å². The van der Waals surface area contributed by atoms with Crippen LogP contribution in [-0.2, 0) is 17.6 Å². The predicted molar refractivity (Wildman–Crippen MR) is 125 cm³/mol. The molecule has 2 aromatic carbocycles. The van der Waals surface area contributed by atoms with Crippen molar-refractivity contribution < 1.29 is 9.59 Å². The van der Waals surface area contributed by atoms with E-state index in [9.17, 15) is 9.59 Å². The summed E-state index contributed by atoms with van der Waals surface area (Å²) in [5, 5.41) is 2.20. The number of hydrogen-bond donors (Lipinski definition) is 0. The molecule has 32 heavy (non-hydrogen) atoms. The fraction of sp³-hybridized carbons (Fsp3) is 0.214. The number of nitrogens with zero attached hydrogens (tertiary/aromatic N) is 2. The Kier molecular flexibility index (Phi) is 5.59. The van der Waals surface area contributed by atoms with E-state index in [-0.39, 0.29) is 17.6 Å². The molecule has 5 rings (SSSR count). The molecule has 1 fully saturated rings. The van der Waals surface area contributed by atoms with E-state index in [0.29, 0.717) is 25.0 Å². The van der Waals surface area contributed by atoms with Crippen LogP contribution < -0.4 is 0 Å². The van der Waals surface area contributed by atoms with Crippen molar-refractivity contribution in [1.82, 2.24) is 9.97 Å². The maximum atomic E-state index is 12.8. The van der Waals surface area contributed by atoms with Crippen molar-refractivity contribution in [3.05, 3.63) is 108 Å². The molecule has 4 heteroatoms. The average molecular weight is 421 g/mol. The number of aromatic nitrogens is 2. The number of pyridine rings is 2. The third kappa shape index (κ3) is 4.50. The van der Waals surface area contributed by atoms with E-state index < -0.39 is 0 Å². The van der Waals surface area contributed by atoms with Crippen LogP contribution in [0.2, 0.25) is 0 Å². The van der Waals surface area contributed by atoms with Crippen LogP contribution in [0.25, 0.3) is 10.8 Å². The first-order valence-electron chi connectivity index (χ1n) is 11.0. The lowest BCUT2D eigenvalue weighted by Crippen LogP contribution is -2.06. The molecule has 158 valence electrons. The van der Waals surface area contributed by atoms with Crippen molar-refractivity contribution in [3.63, 3.8) is 0 Å². The second kappa shape index (κ2) is 8.83. The monoisotopic (exact) mass is 420 g/mol. The molecule has 4 nitrogen and oxygen atoms in total. The number of fused-ring (bicyclic) bond motifs is 1. The predicted octanol–water partition coefficient (Wildman–Crippen LogP) is 5.36. The molecule has 2 atom stereocenters. The molecular formula is C28H24N2O2. The molecule has 0 N–H and O–H groups in total. The Bertz CT molecular complexity index is 1270. The van der Waals surface area contributed by atoms with Gasteiger partial charge in [-0.3, -0.25) is 19.6 Å². The molecule has 0 aliphatic heterocycles. The summed E-state index contributed by atoms with van der Waals surface area (Å²) in [6.07, 6.45) is 9.67. The van der Waals surface area contributed by atoms with Gasteiger partial charge in [-0.2, -0.15) is 0 Å². The highest BCUT2D eigenvalue weighted by molar-refractivity contribution is 5.96. The number of rotatable bonds is 8. The van der Waals surface area contributed by atoms with E-state index in [2.05, 4.69) is 16.0 Å². The highest BCUT2D eigenvalue weighted by atomic mass is 16.1. The van der Waals surface area contributed by atoms with E-state index >= 15 is 0 Å². The summed E-state index contributed by atoms with van der Waals surface area (Å²) in [7, 11) is 0. The zero-order chi connectivity index (χ0) is 21.9. The van der Waals surface area contributed by atoms with Crippen LogP contribution in [0.5, 0.6) is 0 Å². The van der Waals surface area contributed by atoms with Crippen LogP contribution in [-0.4, -0.2) is 21.5 Å². The molecule has 2 heterocycles. The molecule has 1 aliphatic carbocycles. The zero-order valence-corrected chi connectivity index (χ0v) is 17.8. The van der Waals surface area contributed by atoms with Crippen molar-refractivity contribution in [2.75, 3.05) is 0 Å². The zero-order valence-electron chi connectivity index (χ0n) is 17.8. The van der Waals surface area contributed by atoms with Gasteiger partial charge in [0.25, 0.3) is 0 Å². The molecule has 0 unspecified atom stereocenters. The van der Waals surface area contributed by atoms with Crippen molar-refractivity contribution in [3.8, 4) is 0 Å². The number of benzene rings is 2. The summed E-state index contributed by atoms with van der Waals surface area (Å²) in [6, 6.07) is 19.8. The van der Waals surface area contributed by atoms with E-state index in [1.807, 2.05) is 60.8 Å². The third-order valence-corrected chi connectivity index (χ3v) is 6.31. The van der Waals surface area contributed by atoms with Gasteiger partial charge < -0.3 is 0 Å². The Morgan fingerprint density at radius 2 is 1.69 bits per heavy atom. The standard InChI is InChI=1S/C28H24N2O2/c31-27(10-4-19-2-1-12-29-17-19)22-8-6-21(7-9-22)25-16-26(25)28(32)15-20-3-5-24-18-30-13-11-23(24)14-20/h1-3,5-9,11-14,17-18,25-26H,4,10,15-16H2/t25-,26+/m1/s1. The third-order valence-electron chi connectivity index (χ3n) is 6.31. The minimum Gasteiger partial charge on any atom is -0.299 e. The number of carbonyl (C=O) groups excluding carboxylic acids is 2.